The zero-order chi connectivity index (χ0) is 12.2. The van der Waals surface area contributed by atoms with Gasteiger partial charge < -0.3 is 0 Å². The summed E-state index contributed by atoms with van der Waals surface area (Å²) < 4.78 is 1.98. The van der Waals surface area contributed by atoms with Gasteiger partial charge in [-0.1, -0.05) is 26.0 Å². The van der Waals surface area contributed by atoms with Crippen LogP contribution in [0.5, 0.6) is 0 Å². The van der Waals surface area contributed by atoms with Crippen LogP contribution in [-0.2, 0) is 19.9 Å². The maximum absolute atomic E-state index is 4.37. The molecular weight excluding hydrogens is 210 g/mol. The number of hydrogen-bond acceptors (Lipinski definition) is 2. The highest BCUT2D eigenvalue weighted by molar-refractivity contribution is 5.15. The minimum atomic E-state index is 0.378. The number of fused-ring (bicyclic) bond motifs is 2. The topological polar surface area (TPSA) is 30.7 Å². The molecule has 0 saturated heterocycles. The summed E-state index contributed by atoms with van der Waals surface area (Å²) >= 11 is 0. The summed E-state index contributed by atoms with van der Waals surface area (Å²) in [5.74, 6) is 2.86. The Kier molecular flexibility index (Phi) is 2.36. The molecule has 0 N–H and O–H groups in total. The summed E-state index contributed by atoms with van der Waals surface area (Å²) in [6, 6.07) is 0. The molecule has 1 saturated carbocycles. The van der Waals surface area contributed by atoms with Crippen LogP contribution in [0.3, 0.4) is 0 Å². The molecule has 17 heavy (non-hydrogen) atoms. The smallest absolute Gasteiger partial charge is 0.0864 e. The number of rotatable bonds is 0. The van der Waals surface area contributed by atoms with Crippen LogP contribution in [0.2, 0.25) is 0 Å². The Hall–Kier alpha value is -0.860. The van der Waals surface area contributed by atoms with E-state index in [0.29, 0.717) is 5.41 Å². The fourth-order valence-electron chi connectivity index (χ4n) is 3.78. The van der Waals surface area contributed by atoms with E-state index in [1.54, 1.807) is 0 Å². The summed E-state index contributed by atoms with van der Waals surface area (Å²) in [5.41, 5.74) is 2.99. The second-order valence-electron chi connectivity index (χ2n) is 6.88. The van der Waals surface area contributed by atoms with Crippen molar-refractivity contribution in [2.45, 2.75) is 46.5 Å². The van der Waals surface area contributed by atoms with E-state index in [1.165, 1.54) is 30.7 Å². The Balaban J connectivity index is 1.92. The van der Waals surface area contributed by atoms with Crippen LogP contribution in [0.25, 0.3) is 0 Å². The Labute approximate surface area is 104 Å². The molecule has 0 aromatic carbocycles. The second kappa shape index (κ2) is 3.56. The quantitative estimate of drug-likeness (QED) is 0.689. The van der Waals surface area contributed by atoms with E-state index in [4.69, 9.17) is 0 Å². The van der Waals surface area contributed by atoms with Crippen molar-refractivity contribution in [3.05, 3.63) is 11.4 Å². The molecule has 3 nitrogen and oxygen atoms in total. The lowest BCUT2D eigenvalue weighted by Gasteiger charge is -2.23. The predicted molar refractivity (Wildman–Crippen MR) is 67.6 cm³/mol. The zero-order valence-electron chi connectivity index (χ0n) is 11.4. The fraction of sp³-hybridized carbons (Fsp3) is 0.857. The molecule has 2 unspecified atom stereocenters. The summed E-state index contributed by atoms with van der Waals surface area (Å²) in [6.07, 6.45) is 4.94. The third-order valence-corrected chi connectivity index (χ3v) is 4.93. The first kappa shape index (κ1) is 11.2. The summed E-state index contributed by atoms with van der Waals surface area (Å²) in [7, 11) is 2.03. The van der Waals surface area contributed by atoms with E-state index in [0.717, 1.165) is 24.2 Å². The van der Waals surface area contributed by atoms with Gasteiger partial charge >= 0.3 is 0 Å². The highest BCUT2D eigenvalue weighted by Crippen LogP contribution is 2.55. The molecule has 3 rings (SSSR count). The van der Waals surface area contributed by atoms with E-state index in [-0.39, 0.29) is 0 Å². The van der Waals surface area contributed by atoms with Crippen molar-refractivity contribution in [3.8, 4) is 0 Å². The van der Waals surface area contributed by atoms with Gasteiger partial charge in [-0.15, -0.1) is 5.10 Å². The van der Waals surface area contributed by atoms with Crippen LogP contribution in [0.1, 0.15) is 45.0 Å². The number of aryl methyl sites for hydroxylation is 1. The molecule has 94 valence electrons. The molecule has 1 aromatic rings. The first-order valence-electron chi connectivity index (χ1n) is 6.85. The van der Waals surface area contributed by atoms with Gasteiger partial charge in [0.25, 0.3) is 0 Å². The van der Waals surface area contributed by atoms with Crippen LogP contribution in [0.4, 0.5) is 0 Å². The van der Waals surface area contributed by atoms with Gasteiger partial charge in [-0.05, 0) is 48.9 Å². The Morgan fingerprint density at radius 2 is 2.06 bits per heavy atom. The summed E-state index contributed by atoms with van der Waals surface area (Å²) in [4.78, 5) is 0. The van der Waals surface area contributed by atoms with Crippen molar-refractivity contribution in [1.29, 1.82) is 0 Å². The van der Waals surface area contributed by atoms with Crippen molar-refractivity contribution >= 4 is 0 Å². The average Bonchev–Trinajstić information content (AvgIpc) is 2.68. The van der Waals surface area contributed by atoms with Crippen molar-refractivity contribution in [2.24, 2.45) is 30.2 Å². The van der Waals surface area contributed by atoms with E-state index in [2.05, 4.69) is 31.1 Å². The molecule has 0 aliphatic heterocycles. The van der Waals surface area contributed by atoms with Crippen LogP contribution in [0.15, 0.2) is 0 Å². The Morgan fingerprint density at radius 1 is 1.29 bits per heavy atom. The van der Waals surface area contributed by atoms with Crippen molar-refractivity contribution in [3.63, 3.8) is 0 Å². The maximum atomic E-state index is 4.37. The standard InChI is InChI=1S/C14H23N3/c1-9-10-5-6-13-12(15-16-17(13)4)8-14(2,3)7-11(9)10/h9-11H,5-8H2,1-4H3/t9?,10?,11-/m0/s1. The van der Waals surface area contributed by atoms with Crippen molar-refractivity contribution in [2.75, 3.05) is 0 Å². The highest BCUT2D eigenvalue weighted by atomic mass is 15.4. The third-order valence-electron chi connectivity index (χ3n) is 4.93. The summed E-state index contributed by atoms with van der Waals surface area (Å²) in [6.45, 7) is 7.20. The van der Waals surface area contributed by atoms with E-state index in [9.17, 15) is 0 Å². The minimum absolute atomic E-state index is 0.378. The first-order chi connectivity index (χ1) is 7.98. The Bertz CT molecular complexity index is 433. The van der Waals surface area contributed by atoms with E-state index >= 15 is 0 Å². The van der Waals surface area contributed by atoms with Gasteiger partial charge in [0.15, 0.2) is 0 Å². The number of aromatic nitrogens is 3. The lowest BCUT2D eigenvalue weighted by molar-refractivity contribution is 0.299. The molecule has 0 radical (unpaired) electrons. The van der Waals surface area contributed by atoms with E-state index < -0.39 is 0 Å². The largest absolute Gasteiger partial charge is 0.252 e. The van der Waals surface area contributed by atoms with Gasteiger partial charge in [0.2, 0.25) is 0 Å². The molecule has 0 bridgehead atoms. The van der Waals surface area contributed by atoms with Gasteiger partial charge in [-0.25, -0.2) is 0 Å². The maximum Gasteiger partial charge on any atom is 0.0864 e. The van der Waals surface area contributed by atoms with Crippen LogP contribution in [-0.4, -0.2) is 15.0 Å². The molecule has 1 heterocycles. The van der Waals surface area contributed by atoms with Gasteiger partial charge in [0, 0.05) is 7.05 Å². The van der Waals surface area contributed by atoms with Gasteiger partial charge in [-0.3, -0.25) is 4.68 Å². The SMILES string of the molecule is CC1C2CCc3c(nnn3C)CC(C)(C)C[C@@H]12. The molecule has 3 atom stereocenters. The fourth-order valence-corrected chi connectivity index (χ4v) is 3.78. The molecule has 3 heteroatoms. The molecule has 1 fully saturated rings. The molecule has 2 aliphatic carbocycles. The van der Waals surface area contributed by atoms with Gasteiger partial charge in [0.1, 0.15) is 0 Å². The molecule has 0 spiro atoms. The predicted octanol–water partition coefficient (Wildman–Crippen LogP) is 2.60. The minimum Gasteiger partial charge on any atom is -0.252 e. The molecule has 2 aliphatic rings. The lowest BCUT2D eigenvalue weighted by atomic mass is 9.82. The summed E-state index contributed by atoms with van der Waals surface area (Å²) in [5, 5.41) is 8.57. The van der Waals surface area contributed by atoms with Gasteiger partial charge in [-0.2, -0.15) is 0 Å². The number of nitrogens with zero attached hydrogens (tertiary/aromatic N) is 3. The van der Waals surface area contributed by atoms with Crippen LogP contribution in [0, 0.1) is 23.2 Å². The normalized spacial score (nSPS) is 35.2. The van der Waals surface area contributed by atoms with Crippen LogP contribution >= 0.6 is 0 Å². The highest BCUT2D eigenvalue weighted by Gasteiger charge is 2.48. The monoisotopic (exact) mass is 233 g/mol. The van der Waals surface area contributed by atoms with Crippen LogP contribution < -0.4 is 0 Å². The molecule has 0 amide bonds. The molecule has 1 aromatic heterocycles. The van der Waals surface area contributed by atoms with E-state index in [1.807, 2.05) is 11.7 Å². The van der Waals surface area contributed by atoms with Crippen molar-refractivity contribution in [1.82, 2.24) is 15.0 Å². The van der Waals surface area contributed by atoms with Gasteiger partial charge in [0.05, 0.1) is 11.4 Å². The second-order valence-corrected chi connectivity index (χ2v) is 6.88. The Morgan fingerprint density at radius 3 is 2.82 bits per heavy atom. The average molecular weight is 233 g/mol. The van der Waals surface area contributed by atoms with Crippen molar-refractivity contribution < 1.29 is 0 Å². The lowest BCUT2D eigenvalue weighted by Crippen LogP contribution is -2.17. The third kappa shape index (κ3) is 1.90. The zero-order valence-corrected chi connectivity index (χ0v) is 11.4. The number of hydrogen-bond donors (Lipinski definition) is 0. The first-order valence-corrected chi connectivity index (χ1v) is 6.85. The molecular formula is C14H23N3.